The van der Waals surface area contributed by atoms with E-state index in [-0.39, 0.29) is 23.8 Å². The standard InChI is InChI=1S/C14H27NO3/c1-14(2)7-4-3-6-12(14)13(17)15-8-5-10-18-11-9-16/h12,16H,3-11H2,1-2H3,(H,15,17). The van der Waals surface area contributed by atoms with Gasteiger partial charge in [-0.05, 0) is 24.7 Å². The molecule has 1 fully saturated rings. The van der Waals surface area contributed by atoms with Gasteiger partial charge in [0.15, 0.2) is 0 Å². The molecule has 0 radical (unpaired) electrons. The van der Waals surface area contributed by atoms with Crippen LogP contribution in [0.3, 0.4) is 0 Å². The van der Waals surface area contributed by atoms with E-state index in [0.29, 0.717) is 19.8 Å². The summed E-state index contributed by atoms with van der Waals surface area (Å²) in [7, 11) is 0. The second-order valence-electron chi connectivity index (χ2n) is 5.77. The smallest absolute Gasteiger partial charge is 0.223 e. The summed E-state index contributed by atoms with van der Waals surface area (Å²) in [6.07, 6.45) is 5.37. The summed E-state index contributed by atoms with van der Waals surface area (Å²) in [5, 5.41) is 11.5. The van der Waals surface area contributed by atoms with Crippen molar-refractivity contribution in [2.24, 2.45) is 11.3 Å². The van der Waals surface area contributed by atoms with Gasteiger partial charge in [0.25, 0.3) is 0 Å². The third-order valence-corrected chi connectivity index (χ3v) is 3.82. The highest BCUT2D eigenvalue weighted by molar-refractivity contribution is 5.79. The molecular formula is C14H27NO3. The lowest BCUT2D eigenvalue weighted by molar-refractivity contribution is -0.130. The molecule has 1 rings (SSSR count). The van der Waals surface area contributed by atoms with Crippen molar-refractivity contribution in [1.29, 1.82) is 0 Å². The van der Waals surface area contributed by atoms with Crippen LogP contribution in [0, 0.1) is 11.3 Å². The molecule has 1 unspecified atom stereocenters. The summed E-state index contributed by atoms with van der Waals surface area (Å²) in [6.45, 7) is 6.08. The van der Waals surface area contributed by atoms with Gasteiger partial charge >= 0.3 is 0 Å². The van der Waals surface area contributed by atoms with Crippen LogP contribution < -0.4 is 5.32 Å². The quantitative estimate of drug-likeness (QED) is 0.683. The van der Waals surface area contributed by atoms with Crippen LogP contribution in [0.2, 0.25) is 0 Å². The lowest BCUT2D eigenvalue weighted by atomic mass is 9.68. The van der Waals surface area contributed by atoms with Crippen molar-refractivity contribution in [2.45, 2.75) is 46.0 Å². The number of carbonyl (C=O) groups excluding carboxylic acids is 1. The summed E-state index contributed by atoms with van der Waals surface area (Å²) in [5.41, 5.74) is 0.135. The first-order valence-corrected chi connectivity index (χ1v) is 7.04. The molecule has 0 aliphatic heterocycles. The van der Waals surface area contributed by atoms with Crippen LogP contribution in [0.25, 0.3) is 0 Å². The fraction of sp³-hybridized carbons (Fsp3) is 0.929. The Morgan fingerprint density at radius 1 is 1.39 bits per heavy atom. The number of nitrogens with one attached hydrogen (secondary N) is 1. The summed E-state index contributed by atoms with van der Waals surface area (Å²) in [4.78, 5) is 12.1. The Kier molecular flexibility index (Phi) is 6.65. The van der Waals surface area contributed by atoms with E-state index in [1.807, 2.05) is 0 Å². The second kappa shape index (κ2) is 7.74. The molecule has 0 spiro atoms. The summed E-state index contributed by atoms with van der Waals surface area (Å²) < 4.78 is 5.15. The zero-order valence-electron chi connectivity index (χ0n) is 11.7. The number of rotatable bonds is 7. The van der Waals surface area contributed by atoms with Crippen LogP contribution in [-0.2, 0) is 9.53 Å². The van der Waals surface area contributed by atoms with E-state index in [2.05, 4.69) is 19.2 Å². The number of ether oxygens (including phenoxy) is 1. The number of hydrogen-bond donors (Lipinski definition) is 2. The van der Waals surface area contributed by atoms with Crippen LogP contribution in [0.4, 0.5) is 0 Å². The SMILES string of the molecule is CC1(C)CCCCC1C(=O)NCCCOCCO. The van der Waals surface area contributed by atoms with E-state index < -0.39 is 0 Å². The molecule has 0 saturated heterocycles. The Balaban J connectivity index is 2.19. The molecule has 106 valence electrons. The molecule has 4 heteroatoms. The molecule has 1 amide bonds. The van der Waals surface area contributed by atoms with E-state index in [4.69, 9.17) is 9.84 Å². The molecule has 0 aromatic heterocycles. The molecule has 0 bridgehead atoms. The Hall–Kier alpha value is -0.610. The van der Waals surface area contributed by atoms with Crippen molar-refractivity contribution in [2.75, 3.05) is 26.4 Å². The third kappa shape index (κ3) is 4.94. The van der Waals surface area contributed by atoms with Gasteiger partial charge in [0.1, 0.15) is 0 Å². The lowest BCUT2D eigenvalue weighted by Gasteiger charge is -2.37. The molecular weight excluding hydrogens is 230 g/mol. The van der Waals surface area contributed by atoms with Gasteiger partial charge in [0.05, 0.1) is 13.2 Å². The lowest BCUT2D eigenvalue weighted by Crippen LogP contribution is -2.41. The minimum absolute atomic E-state index is 0.0582. The van der Waals surface area contributed by atoms with Crippen LogP contribution in [0.1, 0.15) is 46.0 Å². The van der Waals surface area contributed by atoms with Crippen molar-refractivity contribution < 1.29 is 14.6 Å². The summed E-state index contributed by atoms with van der Waals surface area (Å²) in [5.74, 6) is 0.353. The molecule has 18 heavy (non-hydrogen) atoms. The normalized spacial score (nSPS) is 22.7. The zero-order chi connectivity index (χ0) is 13.4. The highest BCUT2D eigenvalue weighted by Gasteiger charge is 2.36. The molecule has 4 nitrogen and oxygen atoms in total. The minimum atomic E-state index is 0.0582. The molecule has 0 aromatic rings. The Labute approximate surface area is 110 Å². The van der Waals surface area contributed by atoms with Gasteiger partial charge in [-0.1, -0.05) is 26.7 Å². The predicted octanol–water partition coefficient (Wildman–Crippen LogP) is 1.72. The second-order valence-corrected chi connectivity index (χ2v) is 5.77. The van der Waals surface area contributed by atoms with Crippen molar-refractivity contribution in [1.82, 2.24) is 5.32 Å². The molecule has 1 aliphatic carbocycles. The minimum Gasteiger partial charge on any atom is -0.394 e. The van der Waals surface area contributed by atoms with E-state index in [9.17, 15) is 4.79 Å². The number of amides is 1. The number of aliphatic hydroxyl groups is 1. The Bertz CT molecular complexity index is 253. The predicted molar refractivity (Wildman–Crippen MR) is 71.3 cm³/mol. The van der Waals surface area contributed by atoms with E-state index in [1.54, 1.807) is 0 Å². The maximum atomic E-state index is 12.1. The van der Waals surface area contributed by atoms with Crippen LogP contribution >= 0.6 is 0 Å². The number of aliphatic hydroxyl groups excluding tert-OH is 1. The fourth-order valence-electron chi connectivity index (χ4n) is 2.66. The highest BCUT2D eigenvalue weighted by Crippen LogP contribution is 2.40. The fourth-order valence-corrected chi connectivity index (χ4v) is 2.66. The van der Waals surface area contributed by atoms with Gasteiger partial charge in [-0.2, -0.15) is 0 Å². The Morgan fingerprint density at radius 3 is 2.83 bits per heavy atom. The number of hydrogen-bond acceptors (Lipinski definition) is 3. The molecule has 1 aliphatic rings. The van der Waals surface area contributed by atoms with Gasteiger partial charge in [0.2, 0.25) is 5.91 Å². The van der Waals surface area contributed by atoms with Crippen LogP contribution in [0.5, 0.6) is 0 Å². The van der Waals surface area contributed by atoms with E-state index in [1.165, 1.54) is 12.8 Å². The molecule has 0 aromatic carbocycles. The van der Waals surface area contributed by atoms with Gasteiger partial charge in [-0.25, -0.2) is 0 Å². The van der Waals surface area contributed by atoms with Crippen molar-refractivity contribution in [3.8, 4) is 0 Å². The average molecular weight is 257 g/mol. The first kappa shape index (κ1) is 15.4. The van der Waals surface area contributed by atoms with Crippen LogP contribution in [-0.4, -0.2) is 37.4 Å². The largest absolute Gasteiger partial charge is 0.394 e. The monoisotopic (exact) mass is 257 g/mol. The van der Waals surface area contributed by atoms with Crippen molar-refractivity contribution in [3.05, 3.63) is 0 Å². The third-order valence-electron chi connectivity index (χ3n) is 3.82. The van der Waals surface area contributed by atoms with Crippen LogP contribution in [0.15, 0.2) is 0 Å². The summed E-state index contributed by atoms with van der Waals surface area (Å²) >= 11 is 0. The summed E-state index contributed by atoms with van der Waals surface area (Å²) in [6, 6.07) is 0. The van der Waals surface area contributed by atoms with Gasteiger partial charge in [0, 0.05) is 19.1 Å². The molecule has 1 atom stereocenters. The Morgan fingerprint density at radius 2 is 2.17 bits per heavy atom. The molecule has 1 saturated carbocycles. The zero-order valence-corrected chi connectivity index (χ0v) is 11.7. The van der Waals surface area contributed by atoms with Crippen molar-refractivity contribution >= 4 is 5.91 Å². The van der Waals surface area contributed by atoms with Crippen molar-refractivity contribution in [3.63, 3.8) is 0 Å². The first-order chi connectivity index (χ1) is 8.58. The topological polar surface area (TPSA) is 58.6 Å². The van der Waals surface area contributed by atoms with Gasteiger partial charge in [-0.15, -0.1) is 0 Å². The molecule has 2 N–H and O–H groups in total. The first-order valence-electron chi connectivity index (χ1n) is 7.04. The van der Waals surface area contributed by atoms with Gasteiger partial charge < -0.3 is 15.2 Å². The average Bonchev–Trinajstić information content (AvgIpc) is 2.32. The molecule has 0 heterocycles. The van der Waals surface area contributed by atoms with E-state index in [0.717, 1.165) is 19.3 Å². The maximum Gasteiger partial charge on any atom is 0.223 e. The van der Waals surface area contributed by atoms with Gasteiger partial charge in [-0.3, -0.25) is 4.79 Å². The highest BCUT2D eigenvalue weighted by atomic mass is 16.5. The van der Waals surface area contributed by atoms with E-state index >= 15 is 0 Å². The number of carbonyl (C=O) groups is 1. The maximum absolute atomic E-state index is 12.1.